The molecule has 1 amide bonds. The van der Waals surface area contributed by atoms with Crippen LogP contribution < -0.4 is 16.6 Å². The summed E-state index contributed by atoms with van der Waals surface area (Å²) in [5, 5.41) is 2.18. The molecule has 0 unspecified atom stereocenters. The zero-order chi connectivity index (χ0) is 23.4. The van der Waals surface area contributed by atoms with Crippen molar-refractivity contribution in [3.63, 3.8) is 0 Å². The molecule has 0 radical (unpaired) electrons. The van der Waals surface area contributed by atoms with E-state index in [1.807, 2.05) is 6.92 Å². The summed E-state index contributed by atoms with van der Waals surface area (Å²) in [6.07, 6.45) is 1.54. The molecule has 0 saturated heterocycles. The number of amides is 1. The summed E-state index contributed by atoms with van der Waals surface area (Å²) in [6.45, 7) is 1.43. The lowest BCUT2D eigenvalue weighted by molar-refractivity contribution is -0.143. The normalized spacial score (nSPS) is 11.0. The van der Waals surface area contributed by atoms with Gasteiger partial charge in [-0.15, -0.1) is 0 Å². The number of hydrogen-bond acceptors (Lipinski definition) is 6. The van der Waals surface area contributed by atoms with Gasteiger partial charge in [-0.1, -0.05) is 13.3 Å². The molecule has 3 aromatic rings. The second-order valence-corrected chi connectivity index (χ2v) is 6.99. The minimum atomic E-state index is -1.06. The van der Waals surface area contributed by atoms with Crippen molar-refractivity contribution in [1.29, 1.82) is 0 Å². The Morgan fingerprint density at radius 1 is 1.25 bits per heavy atom. The van der Waals surface area contributed by atoms with Crippen LogP contribution in [0.25, 0.3) is 11.2 Å². The number of carbonyl (C=O) groups excluding carboxylic acids is 2. The average molecular weight is 449 g/mol. The molecule has 2 N–H and O–H groups in total. The van der Waals surface area contributed by atoms with Crippen molar-refractivity contribution in [1.82, 2.24) is 24.4 Å². The smallest absolute Gasteiger partial charge is 0.330 e. The van der Waals surface area contributed by atoms with Crippen LogP contribution in [0.1, 0.15) is 35.9 Å². The number of nitrogens with zero attached hydrogens (tertiary/aromatic N) is 3. The minimum Gasteiger partial charge on any atom is -0.456 e. The third-order valence-corrected chi connectivity index (χ3v) is 4.77. The second-order valence-electron chi connectivity index (χ2n) is 6.99. The standard InChI is InChI=1S/C20H21F2N5O5/c1-3-4-7-27-17-16(19(30)25-20(27)31)26(2)14(24-17)10-32-15(28)9-23-18(29)12-6-5-11(21)8-13(12)22/h5-6,8H,3-4,7,9-10H2,1-2H3,(H,23,29)(H,25,30,31). The highest BCUT2D eigenvalue weighted by Gasteiger charge is 2.18. The Hall–Kier alpha value is -3.83. The fourth-order valence-corrected chi connectivity index (χ4v) is 3.06. The molecule has 0 fully saturated rings. The predicted molar refractivity (Wildman–Crippen MR) is 109 cm³/mol. The van der Waals surface area contributed by atoms with Gasteiger partial charge in [-0.05, 0) is 18.6 Å². The fraction of sp³-hybridized carbons (Fsp3) is 0.350. The summed E-state index contributed by atoms with van der Waals surface area (Å²) >= 11 is 0. The molecule has 0 atom stereocenters. The second kappa shape index (κ2) is 9.54. The van der Waals surface area contributed by atoms with Crippen LogP contribution in [0.3, 0.4) is 0 Å². The van der Waals surface area contributed by atoms with Crippen LogP contribution in [-0.4, -0.2) is 37.5 Å². The predicted octanol–water partition coefficient (Wildman–Crippen LogP) is 0.975. The minimum absolute atomic E-state index is 0.159. The third-order valence-electron chi connectivity index (χ3n) is 4.77. The molecule has 32 heavy (non-hydrogen) atoms. The fourth-order valence-electron chi connectivity index (χ4n) is 3.06. The lowest BCUT2D eigenvalue weighted by atomic mass is 10.2. The van der Waals surface area contributed by atoms with Crippen molar-refractivity contribution in [3.05, 3.63) is 62.1 Å². The van der Waals surface area contributed by atoms with Crippen LogP contribution in [-0.2, 0) is 29.7 Å². The number of H-pyrrole nitrogens is 1. The molecule has 2 aromatic heterocycles. The Kier molecular flexibility index (Phi) is 6.81. The van der Waals surface area contributed by atoms with Crippen LogP contribution in [0.15, 0.2) is 27.8 Å². The first-order valence-electron chi connectivity index (χ1n) is 9.80. The highest BCUT2D eigenvalue weighted by molar-refractivity contribution is 5.96. The van der Waals surface area contributed by atoms with Crippen molar-refractivity contribution in [2.75, 3.05) is 6.54 Å². The van der Waals surface area contributed by atoms with Gasteiger partial charge in [-0.3, -0.25) is 23.9 Å². The van der Waals surface area contributed by atoms with Gasteiger partial charge in [0.15, 0.2) is 11.2 Å². The third kappa shape index (κ3) is 4.74. The first-order valence-corrected chi connectivity index (χ1v) is 9.80. The number of aryl methyl sites for hydroxylation is 2. The van der Waals surface area contributed by atoms with Crippen molar-refractivity contribution in [3.8, 4) is 0 Å². The Morgan fingerprint density at radius 3 is 2.69 bits per heavy atom. The Bertz CT molecular complexity index is 1290. The van der Waals surface area contributed by atoms with E-state index in [2.05, 4.69) is 15.3 Å². The van der Waals surface area contributed by atoms with Crippen LogP contribution in [0.2, 0.25) is 0 Å². The van der Waals surface area contributed by atoms with Crippen LogP contribution in [0.4, 0.5) is 8.78 Å². The van der Waals surface area contributed by atoms with Gasteiger partial charge in [0.2, 0.25) is 0 Å². The van der Waals surface area contributed by atoms with Gasteiger partial charge >= 0.3 is 11.7 Å². The molecule has 12 heteroatoms. The van der Waals surface area contributed by atoms with Gasteiger partial charge in [0, 0.05) is 19.7 Å². The first kappa shape index (κ1) is 22.8. The number of imidazole rings is 1. The molecular formula is C20H21F2N5O5. The number of rotatable bonds is 8. The Balaban J connectivity index is 1.69. The molecule has 10 nitrogen and oxygen atoms in total. The Morgan fingerprint density at radius 2 is 2.00 bits per heavy atom. The van der Waals surface area contributed by atoms with Gasteiger partial charge in [0.25, 0.3) is 11.5 Å². The maximum Gasteiger partial charge on any atom is 0.330 e. The molecule has 170 valence electrons. The van der Waals surface area contributed by atoms with E-state index in [0.29, 0.717) is 19.0 Å². The number of aromatic amines is 1. The zero-order valence-electron chi connectivity index (χ0n) is 17.4. The summed E-state index contributed by atoms with van der Waals surface area (Å²) in [6, 6.07) is 2.44. The van der Waals surface area contributed by atoms with Gasteiger partial charge in [0.05, 0.1) is 5.56 Å². The van der Waals surface area contributed by atoms with Gasteiger partial charge in [-0.2, -0.15) is 0 Å². The maximum atomic E-state index is 13.6. The van der Waals surface area contributed by atoms with Crippen molar-refractivity contribution in [2.24, 2.45) is 7.05 Å². The SMILES string of the molecule is CCCCn1c(=O)[nH]c(=O)c2c1nc(COC(=O)CNC(=O)c1ccc(F)cc1F)n2C. The number of esters is 1. The number of benzene rings is 1. The molecule has 2 heterocycles. The number of unbranched alkanes of at least 4 members (excludes halogenated alkanes) is 1. The quantitative estimate of drug-likeness (QED) is 0.494. The van der Waals surface area contributed by atoms with E-state index in [1.54, 1.807) is 7.05 Å². The highest BCUT2D eigenvalue weighted by Crippen LogP contribution is 2.12. The van der Waals surface area contributed by atoms with Crippen LogP contribution in [0.5, 0.6) is 0 Å². The van der Waals surface area contributed by atoms with Gasteiger partial charge in [-0.25, -0.2) is 18.6 Å². The van der Waals surface area contributed by atoms with E-state index in [1.165, 1.54) is 9.13 Å². The van der Waals surface area contributed by atoms with E-state index in [-0.39, 0.29) is 23.6 Å². The molecule has 0 bridgehead atoms. The van der Waals surface area contributed by atoms with E-state index >= 15 is 0 Å². The molecule has 0 spiro atoms. The largest absolute Gasteiger partial charge is 0.456 e. The van der Waals surface area contributed by atoms with Crippen molar-refractivity contribution >= 4 is 23.0 Å². The van der Waals surface area contributed by atoms with Gasteiger partial charge in [0.1, 0.15) is 30.6 Å². The lowest BCUT2D eigenvalue weighted by Crippen LogP contribution is -2.31. The van der Waals surface area contributed by atoms with E-state index in [4.69, 9.17) is 4.74 Å². The summed E-state index contributed by atoms with van der Waals surface area (Å²) in [4.78, 5) is 54.8. The first-order chi connectivity index (χ1) is 15.2. The molecular weight excluding hydrogens is 428 g/mol. The molecule has 0 saturated carbocycles. The summed E-state index contributed by atoms with van der Waals surface area (Å²) < 4.78 is 34.4. The maximum absolute atomic E-state index is 13.6. The molecule has 0 aliphatic carbocycles. The Labute approximate surface area is 179 Å². The van der Waals surface area contributed by atoms with Crippen molar-refractivity contribution < 1.29 is 23.1 Å². The lowest BCUT2D eigenvalue weighted by Gasteiger charge is -2.07. The van der Waals surface area contributed by atoms with E-state index < -0.39 is 46.9 Å². The molecule has 1 aromatic carbocycles. The highest BCUT2D eigenvalue weighted by atomic mass is 19.1. The number of ether oxygens (including phenoxy) is 1. The number of carbonyl (C=O) groups is 2. The van der Waals surface area contributed by atoms with Crippen LogP contribution >= 0.6 is 0 Å². The van der Waals surface area contributed by atoms with Crippen molar-refractivity contribution in [2.45, 2.75) is 32.9 Å². The average Bonchev–Trinajstić information content (AvgIpc) is 3.07. The summed E-state index contributed by atoms with van der Waals surface area (Å²) in [5.74, 6) is -3.43. The molecule has 0 aliphatic rings. The van der Waals surface area contributed by atoms with E-state index in [9.17, 15) is 28.0 Å². The number of fused-ring (bicyclic) bond motifs is 1. The summed E-state index contributed by atoms with van der Waals surface area (Å²) in [7, 11) is 1.54. The molecule has 3 rings (SSSR count). The van der Waals surface area contributed by atoms with E-state index in [0.717, 1.165) is 18.6 Å². The zero-order valence-corrected chi connectivity index (χ0v) is 17.4. The number of halogens is 2. The van der Waals surface area contributed by atoms with Crippen LogP contribution in [0, 0.1) is 11.6 Å². The number of nitrogens with one attached hydrogen (secondary N) is 2. The number of hydrogen-bond donors (Lipinski definition) is 2. The summed E-state index contributed by atoms with van der Waals surface area (Å²) in [5.41, 5.74) is -1.27. The topological polar surface area (TPSA) is 128 Å². The number of aromatic nitrogens is 4. The van der Waals surface area contributed by atoms with Gasteiger partial charge < -0.3 is 14.6 Å². The molecule has 0 aliphatic heterocycles. The monoisotopic (exact) mass is 449 g/mol.